The highest BCUT2D eigenvalue weighted by molar-refractivity contribution is 5.81. The lowest BCUT2D eigenvalue weighted by atomic mass is 10.0. The molecule has 2 N–H and O–H groups in total. The van der Waals surface area contributed by atoms with Gasteiger partial charge >= 0.3 is 12.1 Å². The van der Waals surface area contributed by atoms with Gasteiger partial charge in [-0.05, 0) is 61.9 Å². The molecule has 2 aromatic carbocycles. The molecule has 6 heteroatoms. The van der Waals surface area contributed by atoms with Crippen LogP contribution < -0.4 is 5.32 Å². The summed E-state index contributed by atoms with van der Waals surface area (Å²) in [7, 11) is 0. The second-order valence-electron chi connectivity index (χ2n) is 7.90. The van der Waals surface area contributed by atoms with Crippen molar-refractivity contribution in [3.8, 4) is 11.1 Å². The second kappa shape index (κ2) is 8.25. The Kier molecular flexibility index (Phi) is 5.53. The van der Waals surface area contributed by atoms with Gasteiger partial charge in [0.2, 0.25) is 0 Å². The maximum Gasteiger partial charge on any atom is 0.408 e. The summed E-state index contributed by atoms with van der Waals surface area (Å²) in [6.45, 7) is 4.96. The third-order valence-electron chi connectivity index (χ3n) is 4.82. The minimum absolute atomic E-state index is 0.0321. The summed E-state index contributed by atoms with van der Waals surface area (Å²) < 4.78 is 18.4. The Labute approximate surface area is 172 Å². The van der Waals surface area contributed by atoms with Gasteiger partial charge in [0, 0.05) is 1.37 Å². The number of rotatable bonds is 6. The van der Waals surface area contributed by atoms with E-state index in [4.69, 9.17) is 10.8 Å². The molecule has 0 heterocycles. The predicted molar refractivity (Wildman–Crippen MR) is 110 cm³/mol. The van der Waals surface area contributed by atoms with E-state index in [-0.39, 0.29) is 13.5 Å². The quantitative estimate of drug-likeness (QED) is 0.652. The number of fused-ring (bicyclic) bond motifs is 3. The van der Waals surface area contributed by atoms with Gasteiger partial charge in [0.1, 0.15) is 6.61 Å². The molecule has 0 aliphatic heterocycles. The van der Waals surface area contributed by atoms with Crippen LogP contribution in [0.4, 0.5) is 4.79 Å². The number of alkyl carbamates (subject to hydrolysis) is 1. The zero-order valence-electron chi connectivity index (χ0n) is 17.9. The fourth-order valence-corrected chi connectivity index (χ4v) is 3.62. The van der Waals surface area contributed by atoms with Crippen LogP contribution in [0.2, 0.25) is 0 Å². The number of carboxylic acids is 1. The molecule has 6 nitrogen and oxygen atoms in total. The Balaban J connectivity index is 1.64. The van der Waals surface area contributed by atoms with Crippen LogP contribution in [0.15, 0.2) is 42.5 Å². The minimum Gasteiger partial charge on any atom is -0.480 e. The first-order valence-corrected chi connectivity index (χ1v) is 9.54. The van der Waals surface area contributed by atoms with Crippen LogP contribution >= 0.6 is 0 Å². The molecule has 1 aliphatic carbocycles. The molecule has 0 unspecified atom stereocenters. The van der Waals surface area contributed by atoms with Gasteiger partial charge in [0.15, 0.2) is 6.04 Å². The first-order chi connectivity index (χ1) is 14.2. The molecule has 0 fully saturated rings. The lowest BCUT2D eigenvalue weighted by Crippen LogP contribution is -2.50. The van der Waals surface area contributed by atoms with Crippen LogP contribution in [-0.4, -0.2) is 34.9 Å². The van der Waals surface area contributed by atoms with E-state index in [2.05, 4.69) is 23.5 Å². The van der Waals surface area contributed by atoms with Crippen LogP contribution in [0.3, 0.4) is 0 Å². The largest absolute Gasteiger partial charge is 0.480 e. The highest BCUT2D eigenvalue weighted by Crippen LogP contribution is 2.38. The molecule has 0 aromatic heterocycles. The van der Waals surface area contributed by atoms with Gasteiger partial charge in [-0.25, -0.2) is 9.59 Å². The summed E-state index contributed by atoms with van der Waals surface area (Å²) in [4.78, 5) is 23.9. The van der Waals surface area contributed by atoms with Crippen molar-refractivity contribution in [3.05, 3.63) is 59.2 Å². The zero-order chi connectivity index (χ0) is 21.9. The van der Waals surface area contributed by atoms with Gasteiger partial charge in [0.25, 0.3) is 0 Å². The molecule has 2 aromatic rings. The number of carbonyl (C=O) groups excluding carboxylic acids is 1. The molecule has 1 amide bonds. The number of hydrogen-bond acceptors (Lipinski definition) is 4. The summed E-state index contributed by atoms with van der Waals surface area (Å²) in [6, 6.07) is 12.8. The van der Waals surface area contributed by atoms with Crippen molar-refractivity contribution in [2.45, 2.75) is 58.4 Å². The first-order valence-electron chi connectivity index (χ1n) is 10.2. The van der Waals surface area contributed by atoms with Gasteiger partial charge in [-0.2, -0.15) is 0 Å². The average molecular weight is 398 g/mol. The van der Waals surface area contributed by atoms with E-state index in [0.29, 0.717) is 0 Å². The predicted octanol–water partition coefficient (Wildman–Crippen LogP) is 4.14. The maximum absolute atomic E-state index is 12.3. The third-order valence-corrected chi connectivity index (χ3v) is 4.82. The number of aliphatic carboxylic acids is 1. The van der Waals surface area contributed by atoms with Crippen molar-refractivity contribution in [3.63, 3.8) is 0 Å². The number of carbonyl (C=O) groups is 2. The van der Waals surface area contributed by atoms with Crippen molar-refractivity contribution in [2.24, 2.45) is 0 Å². The topological polar surface area (TPSA) is 84.9 Å². The van der Waals surface area contributed by atoms with E-state index >= 15 is 0 Å². The molecular formula is C23H27NO5. The summed E-state index contributed by atoms with van der Waals surface area (Å²) in [5.41, 5.74) is 4.75. The van der Waals surface area contributed by atoms with E-state index < -0.39 is 29.8 Å². The lowest BCUT2D eigenvalue weighted by Gasteiger charge is -2.29. The maximum atomic E-state index is 12.3. The first kappa shape index (κ1) is 19.5. The molecule has 154 valence electrons. The molecule has 0 bridgehead atoms. The molecule has 1 aliphatic rings. The van der Waals surface area contributed by atoms with Crippen molar-refractivity contribution < 1.29 is 25.5 Å². The molecule has 0 saturated carbocycles. The van der Waals surface area contributed by atoms with Crippen LogP contribution in [0.25, 0.3) is 11.1 Å². The summed E-state index contributed by atoms with van der Waals surface area (Å²) in [5, 5.41) is 11.8. The highest BCUT2D eigenvalue weighted by atomic mass is 16.6. The van der Waals surface area contributed by atoms with E-state index in [1.54, 1.807) is 20.8 Å². The number of benzene rings is 2. The normalized spacial score (nSPS) is 14.9. The number of hydrogen-bond donors (Lipinski definition) is 2. The average Bonchev–Trinajstić information content (AvgIpc) is 3.09. The van der Waals surface area contributed by atoms with Crippen LogP contribution in [0.5, 0.6) is 0 Å². The molecule has 29 heavy (non-hydrogen) atoms. The van der Waals surface area contributed by atoms with Gasteiger partial charge in [0.05, 0.1) is 11.7 Å². The molecular weight excluding hydrogens is 370 g/mol. The third kappa shape index (κ3) is 4.95. The van der Waals surface area contributed by atoms with Crippen LogP contribution in [0, 0.1) is 0 Å². The van der Waals surface area contributed by atoms with Crippen LogP contribution in [0.1, 0.15) is 45.7 Å². The standard InChI is InChI=1S/C23H27NO5/c1-14(29-23(2,3)4)20(21(25)26)24-22(27)28-13-16-9-7-11-18-17-10-6-5-8-15(17)12-19(16)18/h5-11,14,20H,12-13H2,1-4H3,(H,24,27)(H,25,26)/t14-,20+/m1/s1/i2D. The lowest BCUT2D eigenvalue weighted by molar-refractivity contribution is -0.147. The fraction of sp³-hybridized carbons (Fsp3) is 0.391. The number of amides is 1. The Bertz CT molecular complexity index is 943. The molecule has 0 saturated heterocycles. The number of nitrogens with one attached hydrogen (secondary N) is 1. The summed E-state index contributed by atoms with van der Waals surface area (Å²) in [5.74, 6) is -1.23. The smallest absolute Gasteiger partial charge is 0.408 e. The van der Waals surface area contributed by atoms with Gasteiger partial charge in [-0.3, -0.25) is 0 Å². The molecule has 0 spiro atoms. The van der Waals surface area contributed by atoms with Crippen molar-refractivity contribution in [2.75, 3.05) is 0 Å². The monoisotopic (exact) mass is 398 g/mol. The van der Waals surface area contributed by atoms with E-state index in [1.165, 1.54) is 11.1 Å². The minimum atomic E-state index is -1.28. The van der Waals surface area contributed by atoms with Crippen molar-refractivity contribution >= 4 is 12.1 Å². The fourth-order valence-electron chi connectivity index (χ4n) is 3.62. The zero-order valence-corrected chi connectivity index (χ0v) is 16.9. The van der Waals surface area contributed by atoms with E-state index in [0.717, 1.165) is 23.1 Å². The van der Waals surface area contributed by atoms with Gasteiger partial charge in [-0.1, -0.05) is 42.5 Å². The Morgan fingerprint density at radius 2 is 1.93 bits per heavy atom. The SMILES string of the molecule is [2H]CC(C)(C)O[C@H](C)[C@H](NC(=O)OCc1cccc2c1Cc1ccccc1-2)C(=O)O. The van der Waals surface area contributed by atoms with E-state index in [1.807, 2.05) is 24.3 Å². The number of carboxylic acid groups (broad SMARTS) is 1. The van der Waals surface area contributed by atoms with Crippen molar-refractivity contribution in [1.82, 2.24) is 5.32 Å². The van der Waals surface area contributed by atoms with Crippen molar-refractivity contribution in [1.29, 1.82) is 0 Å². The molecule has 0 radical (unpaired) electrons. The summed E-state index contributed by atoms with van der Waals surface area (Å²) >= 11 is 0. The van der Waals surface area contributed by atoms with Crippen LogP contribution in [-0.2, 0) is 27.3 Å². The Morgan fingerprint density at radius 1 is 1.21 bits per heavy atom. The van der Waals surface area contributed by atoms with Gasteiger partial charge < -0.3 is 19.9 Å². The van der Waals surface area contributed by atoms with Gasteiger partial charge in [-0.15, -0.1) is 0 Å². The number of ether oxygens (including phenoxy) is 2. The Hall–Kier alpha value is -2.86. The highest BCUT2D eigenvalue weighted by Gasteiger charge is 2.31. The molecule has 2 atom stereocenters. The second-order valence-corrected chi connectivity index (χ2v) is 7.90. The van der Waals surface area contributed by atoms with E-state index in [9.17, 15) is 14.7 Å². The summed E-state index contributed by atoms with van der Waals surface area (Å²) in [6.07, 6.45) is -0.877. The molecule has 3 rings (SSSR count). The Morgan fingerprint density at radius 3 is 2.66 bits per heavy atom.